The van der Waals surface area contributed by atoms with Crippen LogP contribution in [0.4, 0.5) is 26.4 Å². The lowest BCUT2D eigenvalue weighted by molar-refractivity contribution is -0.120. The number of aromatic nitrogens is 6. The van der Waals surface area contributed by atoms with E-state index in [0.717, 1.165) is 86.8 Å². The van der Waals surface area contributed by atoms with Crippen LogP contribution in [0.15, 0.2) is 77.7 Å². The van der Waals surface area contributed by atoms with Crippen molar-refractivity contribution < 1.29 is 18.5 Å². The SMILES string of the molecule is C[C@@H](NCc1noc(C(C)(C)C)n1)c1ccc(-c2ncnc3[nH]c(-c4ccc(N5CCN(CC6CCN(c7ccc(N8CCC(=O)NC8=O)cc7)CC6)CC5)nc4)cc23)cc1F. The van der Waals surface area contributed by atoms with Crippen molar-refractivity contribution in [1.29, 1.82) is 0 Å². The zero-order valence-electron chi connectivity index (χ0n) is 35.7. The Kier molecular flexibility index (Phi) is 11.4. The molecule has 16 heteroatoms. The van der Waals surface area contributed by atoms with Crippen LogP contribution in [0.25, 0.3) is 33.5 Å². The molecule has 0 saturated carbocycles. The summed E-state index contributed by atoms with van der Waals surface area (Å²) in [5.74, 6) is 2.17. The predicted octanol–water partition coefficient (Wildman–Crippen LogP) is 6.84. The number of benzene rings is 2. The molecule has 9 rings (SSSR count). The highest BCUT2D eigenvalue weighted by Gasteiger charge is 2.27. The number of fused-ring (bicyclic) bond motifs is 1. The van der Waals surface area contributed by atoms with E-state index in [1.165, 1.54) is 18.1 Å². The Morgan fingerprint density at radius 1 is 0.871 bits per heavy atom. The van der Waals surface area contributed by atoms with Crippen LogP contribution >= 0.6 is 0 Å². The molecule has 3 amide bonds. The van der Waals surface area contributed by atoms with E-state index in [1.807, 2.05) is 58.2 Å². The molecule has 3 aliphatic heterocycles. The van der Waals surface area contributed by atoms with Crippen LogP contribution in [-0.4, -0.2) is 99.3 Å². The Balaban J connectivity index is 0.762. The second-order valence-corrected chi connectivity index (χ2v) is 17.7. The van der Waals surface area contributed by atoms with Crippen LogP contribution in [0.3, 0.4) is 0 Å². The van der Waals surface area contributed by atoms with Gasteiger partial charge in [-0.25, -0.2) is 24.1 Å². The number of carbonyl (C=O) groups excluding carboxylic acids is 2. The Morgan fingerprint density at radius 3 is 2.32 bits per heavy atom. The number of carbonyl (C=O) groups is 2. The van der Waals surface area contributed by atoms with Gasteiger partial charge in [-0.05, 0) is 74.2 Å². The fourth-order valence-corrected chi connectivity index (χ4v) is 8.62. The summed E-state index contributed by atoms with van der Waals surface area (Å²) in [6.45, 7) is 15.7. The summed E-state index contributed by atoms with van der Waals surface area (Å²) in [6.07, 6.45) is 6.01. The Labute approximate surface area is 360 Å². The van der Waals surface area contributed by atoms with Crippen molar-refractivity contribution in [2.75, 3.05) is 67.1 Å². The van der Waals surface area contributed by atoms with Crippen LogP contribution in [0.1, 0.15) is 70.3 Å². The molecule has 6 aromatic rings. The van der Waals surface area contributed by atoms with Gasteiger partial charge in [0.2, 0.25) is 11.8 Å². The number of hydrogen-bond donors (Lipinski definition) is 3. The molecule has 0 bridgehead atoms. The monoisotopic (exact) mass is 840 g/mol. The Bertz CT molecular complexity index is 2540. The maximum atomic E-state index is 15.6. The molecule has 62 heavy (non-hydrogen) atoms. The summed E-state index contributed by atoms with van der Waals surface area (Å²) >= 11 is 0. The van der Waals surface area contributed by atoms with Gasteiger partial charge in [0.15, 0.2) is 5.82 Å². The van der Waals surface area contributed by atoms with E-state index in [-0.39, 0.29) is 29.2 Å². The second kappa shape index (κ2) is 17.2. The largest absolute Gasteiger partial charge is 0.372 e. The second-order valence-electron chi connectivity index (χ2n) is 17.7. The molecule has 2 aromatic carbocycles. The van der Waals surface area contributed by atoms with E-state index in [4.69, 9.17) is 9.51 Å². The number of halogens is 1. The van der Waals surface area contributed by atoms with Crippen LogP contribution in [0, 0.1) is 11.7 Å². The number of nitrogens with one attached hydrogen (secondary N) is 3. The molecule has 3 aliphatic rings. The first-order valence-electron chi connectivity index (χ1n) is 21.6. The van der Waals surface area contributed by atoms with Crippen LogP contribution < -0.4 is 25.3 Å². The Hall–Kier alpha value is -6.26. The first-order valence-corrected chi connectivity index (χ1v) is 21.6. The average molecular weight is 841 g/mol. The molecule has 322 valence electrons. The molecular weight excluding hydrogens is 788 g/mol. The third-order valence-electron chi connectivity index (χ3n) is 12.3. The molecular formula is C46H53FN12O3. The highest BCUT2D eigenvalue weighted by atomic mass is 19.1. The van der Waals surface area contributed by atoms with Crippen molar-refractivity contribution in [3.63, 3.8) is 0 Å². The van der Waals surface area contributed by atoms with Crippen molar-refractivity contribution in [3.05, 3.63) is 96.3 Å². The number of anilines is 3. The van der Waals surface area contributed by atoms with Crippen molar-refractivity contribution in [2.45, 2.75) is 65.0 Å². The summed E-state index contributed by atoms with van der Waals surface area (Å²) in [5.41, 5.74) is 6.05. The van der Waals surface area contributed by atoms with Gasteiger partial charge in [0.25, 0.3) is 0 Å². The summed E-state index contributed by atoms with van der Waals surface area (Å²) in [7, 11) is 0. The van der Waals surface area contributed by atoms with Crippen molar-refractivity contribution in [3.8, 4) is 22.5 Å². The van der Waals surface area contributed by atoms with Gasteiger partial charge in [0.05, 0.1) is 12.2 Å². The fourth-order valence-electron chi connectivity index (χ4n) is 8.62. The van der Waals surface area contributed by atoms with Crippen LogP contribution in [-0.2, 0) is 16.8 Å². The number of urea groups is 1. The molecule has 0 radical (unpaired) electrons. The smallest absolute Gasteiger partial charge is 0.328 e. The quantitative estimate of drug-likeness (QED) is 0.125. The van der Waals surface area contributed by atoms with Gasteiger partial charge < -0.3 is 24.6 Å². The number of piperidine rings is 1. The molecule has 0 aliphatic carbocycles. The standard InChI is InChI=1S/C46H53FN12O3/c1-29(48-26-39-53-44(62-55-39)46(2,3)4)35-11-5-31(23-37(35)47)42-36-24-38(52-43(36)51-28-50-42)32-6-12-40(49-25-32)58-21-19-56(20-22-58)27-30-13-16-57(17-14-30)33-7-9-34(10-8-33)59-18-15-41(60)54-45(59)61/h5-12,23-25,28-30,48H,13-22,26-27H2,1-4H3,(H,50,51,52)(H,54,60,61)/t29-/m1/s1. The summed E-state index contributed by atoms with van der Waals surface area (Å²) in [6, 6.07) is 18.9. The molecule has 3 N–H and O–H groups in total. The molecule has 0 spiro atoms. The van der Waals surface area contributed by atoms with Crippen molar-refractivity contribution >= 4 is 40.2 Å². The maximum Gasteiger partial charge on any atom is 0.328 e. The number of hydrogen-bond acceptors (Lipinski definition) is 12. The molecule has 7 heterocycles. The minimum atomic E-state index is -0.356. The molecule has 0 unspecified atom stereocenters. The van der Waals surface area contributed by atoms with E-state index >= 15 is 4.39 Å². The molecule has 3 saturated heterocycles. The van der Waals surface area contributed by atoms with Gasteiger partial charge in [0, 0.05) is 116 Å². The van der Waals surface area contributed by atoms with Gasteiger partial charge in [-0.1, -0.05) is 38.1 Å². The number of rotatable bonds is 11. The molecule has 4 aromatic heterocycles. The van der Waals surface area contributed by atoms with E-state index in [1.54, 1.807) is 11.0 Å². The summed E-state index contributed by atoms with van der Waals surface area (Å²) in [5, 5.41) is 10.6. The molecule has 15 nitrogen and oxygen atoms in total. The maximum absolute atomic E-state index is 15.6. The number of piperazine rings is 1. The zero-order chi connectivity index (χ0) is 43.0. The third-order valence-corrected chi connectivity index (χ3v) is 12.3. The van der Waals surface area contributed by atoms with Crippen molar-refractivity contribution in [2.24, 2.45) is 5.92 Å². The van der Waals surface area contributed by atoms with Gasteiger partial charge >= 0.3 is 6.03 Å². The Morgan fingerprint density at radius 2 is 1.63 bits per heavy atom. The normalized spacial score (nSPS) is 17.5. The van der Waals surface area contributed by atoms with Gasteiger partial charge in [0.1, 0.15) is 23.6 Å². The van der Waals surface area contributed by atoms with E-state index in [0.29, 0.717) is 59.6 Å². The van der Waals surface area contributed by atoms with Crippen LogP contribution in [0.2, 0.25) is 0 Å². The number of amides is 3. The first-order chi connectivity index (χ1) is 29.9. The number of pyridine rings is 1. The molecule has 3 fully saturated rings. The number of aromatic amines is 1. The van der Waals surface area contributed by atoms with Crippen LogP contribution in [0.5, 0.6) is 0 Å². The van der Waals surface area contributed by atoms with E-state index in [9.17, 15) is 9.59 Å². The number of nitrogens with zero attached hydrogens (tertiary/aromatic N) is 9. The van der Waals surface area contributed by atoms with E-state index in [2.05, 4.69) is 74.7 Å². The lowest BCUT2D eigenvalue weighted by Gasteiger charge is -2.39. The summed E-state index contributed by atoms with van der Waals surface area (Å²) in [4.78, 5) is 54.6. The van der Waals surface area contributed by atoms with E-state index < -0.39 is 0 Å². The third kappa shape index (κ3) is 8.88. The minimum Gasteiger partial charge on any atom is -0.372 e. The number of imide groups is 1. The minimum absolute atomic E-state index is 0.223. The van der Waals surface area contributed by atoms with Crippen molar-refractivity contribution in [1.82, 2.24) is 45.6 Å². The van der Waals surface area contributed by atoms with Gasteiger partial charge in [-0.15, -0.1) is 0 Å². The van der Waals surface area contributed by atoms with Gasteiger partial charge in [-0.2, -0.15) is 4.98 Å². The predicted molar refractivity (Wildman–Crippen MR) is 236 cm³/mol. The zero-order valence-corrected chi connectivity index (χ0v) is 35.7. The molecule has 1 atom stereocenters. The fraction of sp³-hybridized carbons (Fsp3) is 0.413. The first kappa shape index (κ1) is 41.1. The number of H-pyrrole nitrogens is 1. The highest BCUT2D eigenvalue weighted by Crippen LogP contribution is 2.33. The summed E-state index contributed by atoms with van der Waals surface area (Å²) < 4.78 is 21.0. The topological polar surface area (TPSA) is 165 Å². The lowest BCUT2D eigenvalue weighted by atomic mass is 9.95. The average Bonchev–Trinajstić information content (AvgIpc) is 3.95. The van der Waals surface area contributed by atoms with Gasteiger partial charge in [-0.3, -0.25) is 19.9 Å². The lowest BCUT2D eigenvalue weighted by Crippen LogP contribution is -2.49. The highest BCUT2D eigenvalue weighted by molar-refractivity contribution is 6.05.